The average molecular weight is 391 g/mol. The fraction of sp³-hybridized carbons (Fsp3) is 0.167. The molecule has 0 atom stereocenters. The Bertz CT molecular complexity index is 1090. The van der Waals surface area contributed by atoms with Crippen molar-refractivity contribution in [3.05, 3.63) is 58.9 Å². The Kier molecular flexibility index (Phi) is 4.31. The molecule has 5 nitrogen and oxygen atoms in total. The third kappa shape index (κ3) is 3.50. The van der Waals surface area contributed by atoms with Crippen molar-refractivity contribution < 1.29 is 22.4 Å². The lowest BCUT2D eigenvalue weighted by atomic mass is 10.1. The maximum absolute atomic E-state index is 12.6. The van der Waals surface area contributed by atoms with E-state index in [2.05, 4.69) is 15.1 Å². The molecule has 0 aliphatic rings. The van der Waals surface area contributed by atoms with Crippen LogP contribution in [0.2, 0.25) is 0 Å². The topological polar surface area (TPSA) is 61.0 Å². The molecule has 4 rings (SSSR count). The highest BCUT2D eigenvalue weighted by molar-refractivity contribution is 7.17. The Morgan fingerprint density at radius 2 is 1.93 bits per heavy atom. The molecule has 4 aromatic rings. The first kappa shape index (κ1) is 17.5. The van der Waals surface area contributed by atoms with E-state index in [4.69, 9.17) is 9.26 Å². The molecular weight excluding hydrogens is 379 g/mol. The average Bonchev–Trinajstić information content (AvgIpc) is 3.27. The van der Waals surface area contributed by atoms with Crippen LogP contribution in [0.3, 0.4) is 0 Å². The minimum absolute atomic E-state index is 0.0923. The van der Waals surface area contributed by atoms with Gasteiger partial charge in [-0.05, 0) is 30.0 Å². The Hall–Kier alpha value is -2.94. The first-order valence-corrected chi connectivity index (χ1v) is 8.74. The predicted octanol–water partition coefficient (Wildman–Crippen LogP) is 5.25. The van der Waals surface area contributed by atoms with Crippen LogP contribution in [-0.2, 0) is 12.8 Å². The van der Waals surface area contributed by atoms with Crippen LogP contribution >= 0.6 is 11.3 Å². The molecular formula is C18H12F3N3O2S. The fourth-order valence-electron chi connectivity index (χ4n) is 2.58. The second kappa shape index (κ2) is 6.66. The zero-order valence-electron chi connectivity index (χ0n) is 13.9. The molecule has 1 aromatic carbocycles. The van der Waals surface area contributed by atoms with Crippen LogP contribution in [0.25, 0.3) is 21.5 Å². The molecule has 0 amide bonds. The Morgan fingerprint density at radius 3 is 2.67 bits per heavy atom. The number of hydrogen-bond donors (Lipinski definition) is 0. The molecule has 0 saturated heterocycles. The lowest BCUT2D eigenvalue weighted by molar-refractivity contribution is -0.137. The summed E-state index contributed by atoms with van der Waals surface area (Å²) in [7, 11) is 0. The van der Waals surface area contributed by atoms with E-state index in [9.17, 15) is 13.2 Å². The summed E-state index contributed by atoms with van der Waals surface area (Å²) in [6, 6.07) is 6.36. The van der Waals surface area contributed by atoms with Gasteiger partial charge in [-0.25, -0.2) is 9.97 Å². The summed E-state index contributed by atoms with van der Waals surface area (Å²) in [6.07, 6.45) is -2.94. The fourth-order valence-corrected chi connectivity index (χ4v) is 3.46. The van der Waals surface area contributed by atoms with E-state index in [1.165, 1.54) is 29.8 Å². The second-order valence-electron chi connectivity index (χ2n) is 5.82. The molecule has 0 radical (unpaired) electrons. The molecule has 0 fully saturated rings. The molecule has 138 valence electrons. The van der Waals surface area contributed by atoms with Gasteiger partial charge in [-0.3, -0.25) is 0 Å². The lowest BCUT2D eigenvalue weighted by Gasteiger charge is -2.06. The Morgan fingerprint density at radius 1 is 1.15 bits per heavy atom. The molecule has 0 saturated carbocycles. The molecule has 3 heterocycles. The normalized spacial score (nSPS) is 11.9. The number of nitrogens with zero attached hydrogens (tertiary/aromatic N) is 3. The zero-order chi connectivity index (χ0) is 19.0. The van der Waals surface area contributed by atoms with E-state index in [1.807, 2.05) is 12.3 Å². The molecule has 0 aliphatic heterocycles. The number of rotatable bonds is 4. The summed E-state index contributed by atoms with van der Waals surface area (Å²) in [5.74, 6) is 0.885. The van der Waals surface area contributed by atoms with Gasteiger partial charge in [-0.1, -0.05) is 17.3 Å². The van der Waals surface area contributed by atoms with Gasteiger partial charge in [-0.2, -0.15) is 13.2 Å². The molecule has 0 unspecified atom stereocenters. The van der Waals surface area contributed by atoms with Crippen molar-refractivity contribution in [1.82, 2.24) is 15.1 Å². The third-order valence-electron chi connectivity index (χ3n) is 3.94. The van der Waals surface area contributed by atoms with Crippen LogP contribution in [0, 0.1) is 6.92 Å². The summed E-state index contributed by atoms with van der Waals surface area (Å²) in [6.45, 7) is 2.04. The van der Waals surface area contributed by atoms with Crippen LogP contribution in [0.5, 0.6) is 5.88 Å². The van der Waals surface area contributed by atoms with Gasteiger partial charge in [0.25, 0.3) is 0 Å². The summed E-state index contributed by atoms with van der Waals surface area (Å²) < 4.78 is 48.9. The van der Waals surface area contributed by atoms with Crippen LogP contribution in [0.15, 0.2) is 46.6 Å². The molecule has 3 aromatic heterocycles. The smallest absolute Gasteiger partial charge is 0.416 e. The minimum Gasteiger partial charge on any atom is -0.469 e. The third-order valence-corrected chi connectivity index (χ3v) is 4.94. The quantitative estimate of drug-likeness (QED) is 0.475. The highest BCUT2D eigenvalue weighted by Gasteiger charge is 2.30. The van der Waals surface area contributed by atoms with Crippen molar-refractivity contribution in [3.8, 4) is 17.1 Å². The summed E-state index contributed by atoms with van der Waals surface area (Å²) in [4.78, 5) is 9.19. The molecule has 0 aliphatic carbocycles. The number of thiophene rings is 1. The number of benzene rings is 1. The van der Waals surface area contributed by atoms with Gasteiger partial charge in [0.05, 0.1) is 10.9 Å². The van der Waals surface area contributed by atoms with Gasteiger partial charge < -0.3 is 9.26 Å². The number of aryl methyl sites for hydroxylation is 1. The van der Waals surface area contributed by atoms with E-state index in [0.717, 1.165) is 27.9 Å². The first-order valence-electron chi connectivity index (χ1n) is 7.86. The lowest BCUT2D eigenvalue weighted by Crippen LogP contribution is -2.03. The van der Waals surface area contributed by atoms with Crippen LogP contribution in [0.4, 0.5) is 13.2 Å². The molecule has 27 heavy (non-hydrogen) atoms. The second-order valence-corrected chi connectivity index (χ2v) is 6.68. The van der Waals surface area contributed by atoms with Crippen molar-refractivity contribution in [1.29, 1.82) is 0 Å². The van der Waals surface area contributed by atoms with Gasteiger partial charge in [0, 0.05) is 11.6 Å². The number of fused-ring (bicyclic) bond motifs is 1. The van der Waals surface area contributed by atoms with Crippen LogP contribution in [-0.4, -0.2) is 15.1 Å². The highest BCUT2D eigenvalue weighted by atomic mass is 32.1. The summed E-state index contributed by atoms with van der Waals surface area (Å²) >= 11 is 1.51. The maximum atomic E-state index is 12.6. The van der Waals surface area contributed by atoms with E-state index < -0.39 is 11.7 Å². The van der Waals surface area contributed by atoms with Crippen molar-refractivity contribution >= 4 is 21.6 Å². The standard InChI is InChI=1S/C18H12F3N3O2S/c1-10-8-27-17-15(10)16(22-9-23-17)25-7-13-6-14(24-26-13)11-2-4-12(5-3-11)18(19,20)21/h2-6,8-9H,7H2,1H3. The monoisotopic (exact) mass is 391 g/mol. The summed E-state index contributed by atoms with van der Waals surface area (Å²) in [5.41, 5.74) is 1.27. The van der Waals surface area contributed by atoms with Gasteiger partial charge in [0.1, 0.15) is 16.9 Å². The van der Waals surface area contributed by atoms with Crippen molar-refractivity contribution in [2.45, 2.75) is 19.7 Å². The van der Waals surface area contributed by atoms with Gasteiger partial charge in [0.2, 0.25) is 5.88 Å². The van der Waals surface area contributed by atoms with Crippen molar-refractivity contribution in [3.63, 3.8) is 0 Å². The largest absolute Gasteiger partial charge is 0.469 e. The minimum atomic E-state index is -4.37. The van der Waals surface area contributed by atoms with E-state index in [0.29, 0.717) is 22.9 Å². The van der Waals surface area contributed by atoms with E-state index >= 15 is 0 Å². The maximum Gasteiger partial charge on any atom is 0.416 e. The number of alkyl halides is 3. The first-order chi connectivity index (χ1) is 12.9. The molecule has 0 spiro atoms. The van der Waals surface area contributed by atoms with Crippen molar-refractivity contribution in [2.24, 2.45) is 0 Å². The van der Waals surface area contributed by atoms with Crippen LogP contribution in [0.1, 0.15) is 16.9 Å². The van der Waals surface area contributed by atoms with Gasteiger partial charge in [0.15, 0.2) is 12.4 Å². The van der Waals surface area contributed by atoms with E-state index in [-0.39, 0.29) is 6.61 Å². The highest BCUT2D eigenvalue weighted by Crippen LogP contribution is 2.32. The Labute approximate surface area is 155 Å². The number of ether oxygens (including phenoxy) is 1. The molecule has 9 heteroatoms. The predicted molar refractivity (Wildman–Crippen MR) is 93.4 cm³/mol. The number of halogens is 3. The molecule has 0 bridgehead atoms. The number of hydrogen-bond acceptors (Lipinski definition) is 6. The zero-order valence-corrected chi connectivity index (χ0v) is 14.8. The SMILES string of the molecule is Cc1csc2ncnc(OCc3cc(-c4ccc(C(F)(F)F)cc4)no3)c12. The van der Waals surface area contributed by atoms with Gasteiger partial charge >= 0.3 is 6.18 Å². The number of aromatic nitrogens is 3. The van der Waals surface area contributed by atoms with Gasteiger partial charge in [-0.15, -0.1) is 11.3 Å². The Balaban J connectivity index is 1.50. The summed E-state index contributed by atoms with van der Waals surface area (Å²) in [5, 5.41) is 6.72. The van der Waals surface area contributed by atoms with Crippen molar-refractivity contribution in [2.75, 3.05) is 0 Å². The van der Waals surface area contributed by atoms with Crippen LogP contribution < -0.4 is 4.74 Å². The van der Waals surface area contributed by atoms with E-state index in [1.54, 1.807) is 6.07 Å². The molecule has 0 N–H and O–H groups in total.